The Balaban J connectivity index is 2.98. The van der Waals surface area contributed by atoms with Gasteiger partial charge in [-0.15, -0.1) is 0 Å². The first-order chi connectivity index (χ1) is 8.64. The molecule has 0 radical (unpaired) electrons. The topological polar surface area (TPSA) is 29.1 Å². The van der Waals surface area contributed by atoms with E-state index in [1.807, 2.05) is 27.7 Å². The van der Waals surface area contributed by atoms with Crippen molar-refractivity contribution in [1.29, 1.82) is 0 Å². The maximum atomic E-state index is 12.8. The molecule has 2 atom stereocenters. The van der Waals surface area contributed by atoms with E-state index >= 15 is 0 Å². The highest BCUT2D eigenvalue weighted by Gasteiger charge is 2.23. The lowest BCUT2D eigenvalue weighted by Gasteiger charge is -2.23. The van der Waals surface area contributed by atoms with Crippen molar-refractivity contribution in [2.45, 2.75) is 51.8 Å². The molecule has 0 amide bonds. The fraction of sp³-hybridized carbons (Fsp3) is 0.571. The Bertz CT molecular complexity index is 469. The van der Waals surface area contributed by atoms with Gasteiger partial charge in [0.15, 0.2) is 0 Å². The van der Waals surface area contributed by atoms with Crippen LogP contribution in [0.4, 0.5) is 8.78 Å². The minimum absolute atomic E-state index is 0.0349. The van der Waals surface area contributed by atoms with Crippen LogP contribution < -0.4 is 4.72 Å². The average molecular weight is 289 g/mol. The summed E-state index contributed by atoms with van der Waals surface area (Å²) in [5.74, 6) is 0. The Labute approximate surface area is 116 Å². The first-order valence-corrected chi connectivity index (χ1v) is 7.35. The molecule has 0 saturated carbocycles. The van der Waals surface area contributed by atoms with Crippen molar-refractivity contribution in [3.8, 4) is 0 Å². The van der Waals surface area contributed by atoms with Gasteiger partial charge in [0.2, 0.25) is 0 Å². The van der Waals surface area contributed by atoms with Gasteiger partial charge in [-0.25, -0.2) is 17.7 Å². The zero-order valence-corrected chi connectivity index (χ0v) is 12.8. The molecule has 2 unspecified atom stereocenters. The molecular weight excluding hydrogens is 268 g/mol. The van der Waals surface area contributed by atoms with Crippen LogP contribution in [0, 0.1) is 6.92 Å². The molecule has 2 nitrogen and oxygen atoms in total. The molecule has 0 aromatic heterocycles. The van der Waals surface area contributed by atoms with Crippen LogP contribution in [0.25, 0.3) is 0 Å². The van der Waals surface area contributed by atoms with Crippen molar-refractivity contribution in [1.82, 2.24) is 4.72 Å². The van der Waals surface area contributed by atoms with E-state index in [1.165, 1.54) is 6.07 Å². The molecule has 0 heterocycles. The molecule has 0 aliphatic carbocycles. The Morgan fingerprint density at radius 1 is 1.21 bits per heavy atom. The van der Waals surface area contributed by atoms with Gasteiger partial charge in [0.1, 0.15) is 0 Å². The van der Waals surface area contributed by atoms with Crippen molar-refractivity contribution in [2.75, 3.05) is 0 Å². The summed E-state index contributed by atoms with van der Waals surface area (Å²) in [4.78, 5) is 0. The van der Waals surface area contributed by atoms with E-state index in [0.29, 0.717) is 5.56 Å². The van der Waals surface area contributed by atoms with E-state index in [2.05, 4.69) is 4.72 Å². The highest BCUT2D eigenvalue weighted by molar-refractivity contribution is 7.84. The van der Waals surface area contributed by atoms with Gasteiger partial charge in [-0.2, -0.15) is 0 Å². The van der Waals surface area contributed by atoms with Crippen LogP contribution in [-0.2, 0) is 11.0 Å². The van der Waals surface area contributed by atoms with Gasteiger partial charge in [0.25, 0.3) is 6.43 Å². The van der Waals surface area contributed by atoms with E-state index in [4.69, 9.17) is 0 Å². The fourth-order valence-corrected chi connectivity index (χ4v) is 2.58. The Hall–Kier alpha value is -0.810. The number of halogens is 2. The third kappa shape index (κ3) is 4.08. The SMILES string of the molecule is Cc1c(C(F)F)cccc1C(C)NS(=O)C(C)(C)C. The predicted octanol–water partition coefficient (Wildman–Crippen LogP) is 4.05. The van der Waals surface area contributed by atoms with Crippen molar-refractivity contribution in [3.05, 3.63) is 34.9 Å². The molecule has 108 valence electrons. The minimum Gasteiger partial charge on any atom is -0.242 e. The van der Waals surface area contributed by atoms with Crippen molar-refractivity contribution in [2.24, 2.45) is 0 Å². The van der Waals surface area contributed by atoms with E-state index < -0.39 is 17.4 Å². The lowest BCUT2D eigenvalue weighted by molar-refractivity contribution is 0.150. The molecule has 0 spiro atoms. The van der Waals surface area contributed by atoms with E-state index in [9.17, 15) is 13.0 Å². The van der Waals surface area contributed by atoms with Crippen LogP contribution in [0.2, 0.25) is 0 Å². The van der Waals surface area contributed by atoms with Gasteiger partial charge in [-0.05, 0) is 45.7 Å². The first kappa shape index (κ1) is 16.2. The van der Waals surface area contributed by atoms with Crippen molar-refractivity contribution in [3.63, 3.8) is 0 Å². The van der Waals surface area contributed by atoms with Crippen LogP contribution in [0.15, 0.2) is 18.2 Å². The molecule has 5 heteroatoms. The summed E-state index contributed by atoms with van der Waals surface area (Å²) < 4.78 is 40.3. The minimum atomic E-state index is -2.49. The first-order valence-electron chi connectivity index (χ1n) is 6.20. The molecule has 0 saturated heterocycles. The Kier molecular flexibility index (Phi) is 5.21. The summed E-state index contributed by atoms with van der Waals surface area (Å²) in [7, 11) is -1.23. The van der Waals surface area contributed by atoms with Gasteiger partial charge in [-0.1, -0.05) is 18.2 Å². The van der Waals surface area contributed by atoms with E-state index in [0.717, 1.165) is 5.56 Å². The smallest absolute Gasteiger partial charge is 0.242 e. The van der Waals surface area contributed by atoms with Crippen LogP contribution >= 0.6 is 0 Å². The average Bonchev–Trinajstić information content (AvgIpc) is 2.27. The van der Waals surface area contributed by atoms with Gasteiger partial charge in [0.05, 0.1) is 15.7 Å². The number of hydrogen-bond donors (Lipinski definition) is 1. The summed E-state index contributed by atoms with van der Waals surface area (Å²) in [6.45, 7) is 9.11. The second-order valence-electron chi connectivity index (χ2n) is 5.58. The quantitative estimate of drug-likeness (QED) is 0.890. The van der Waals surface area contributed by atoms with Gasteiger partial charge in [0, 0.05) is 11.6 Å². The highest BCUT2D eigenvalue weighted by atomic mass is 32.2. The van der Waals surface area contributed by atoms with Crippen LogP contribution in [0.1, 0.15) is 56.9 Å². The van der Waals surface area contributed by atoms with Gasteiger partial charge < -0.3 is 0 Å². The van der Waals surface area contributed by atoms with E-state index in [-0.39, 0.29) is 16.4 Å². The third-order valence-electron chi connectivity index (χ3n) is 2.96. The molecule has 1 N–H and O–H groups in total. The van der Waals surface area contributed by atoms with Crippen molar-refractivity contribution < 1.29 is 13.0 Å². The van der Waals surface area contributed by atoms with Crippen LogP contribution in [0.3, 0.4) is 0 Å². The van der Waals surface area contributed by atoms with E-state index in [1.54, 1.807) is 19.1 Å². The van der Waals surface area contributed by atoms with Gasteiger partial charge in [-0.3, -0.25) is 0 Å². The summed E-state index contributed by atoms with van der Waals surface area (Å²) in [6.07, 6.45) is -2.49. The summed E-state index contributed by atoms with van der Waals surface area (Å²) in [6, 6.07) is 4.59. The summed E-state index contributed by atoms with van der Waals surface area (Å²) in [5, 5.41) is 0. The maximum Gasteiger partial charge on any atom is 0.264 e. The van der Waals surface area contributed by atoms with Crippen LogP contribution in [-0.4, -0.2) is 8.96 Å². The summed E-state index contributed by atoms with van der Waals surface area (Å²) in [5.41, 5.74) is 1.35. The second kappa shape index (κ2) is 6.09. The standard InChI is InChI=1S/C14H21F2NOS/c1-9-11(7-6-8-12(9)13(15)16)10(2)17-19(18)14(3,4)5/h6-8,10,13,17H,1-5H3. The highest BCUT2D eigenvalue weighted by Crippen LogP contribution is 2.28. The number of rotatable bonds is 4. The number of nitrogens with one attached hydrogen (secondary N) is 1. The maximum absolute atomic E-state index is 12.8. The molecule has 1 aromatic rings. The van der Waals surface area contributed by atoms with Crippen molar-refractivity contribution >= 4 is 11.0 Å². The Morgan fingerprint density at radius 2 is 1.74 bits per heavy atom. The third-order valence-corrected chi connectivity index (χ3v) is 4.64. The van der Waals surface area contributed by atoms with Crippen LogP contribution in [0.5, 0.6) is 0 Å². The molecule has 1 rings (SSSR count). The lowest BCUT2D eigenvalue weighted by atomic mass is 9.98. The zero-order chi connectivity index (χ0) is 14.8. The predicted molar refractivity (Wildman–Crippen MR) is 75.6 cm³/mol. The Morgan fingerprint density at radius 3 is 2.21 bits per heavy atom. The monoisotopic (exact) mass is 289 g/mol. The number of hydrogen-bond acceptors (Lipinski definition) is 1. The summed E-state index contributed by atoms with van der Waals surface area (Å²) >= 11 is 0. The normalized spacial score (nSPS) is 15.6. The molecule has 0 bridgehead atoms. The zero-order valence-electron chi connectivity index (χ0n) is 12.0. The number of benzene rings is 1. The fourth-order valence-electron chi connectivity index (χ4n) is 1.78. The molecule has 0 fully saturated rings. The molecule has 0 aliphatic rings. The second-order valence-corrected chi connectivity index (χ2v) is 7.58. The molecular formula is C14H21F2NOS. The largest absolute Gasteiger partial charge is 0.264 e. The number of alkyl halides is 2. The molecule has 19 heavy (non-hydrogen) atoms. The molecule has 1 aromatic carbocycles. The molecule has 0 aliphatic heterocycles. The lowest BCUT2D eigenvalue weighted by Crippen LogP contribution is -2.35. The van der Waals surface area contributed by atoms with Gasteiger partial charge >= 0.3 is 0 Å².